The van der Waals surface area contributed by atoms with Crippen LogP contribution in [0.3, 0.4) is 0 Å². The number of aryl methyl sites for hydroxylation is 1. The summed E-state index contributed by atoms with van der Waals surface area (Å²) in [6, 6.07) is 8.32. The van der Waals surface area contributed by atoms with Crippen molar-refractivity contribution in [1.29, 1.82) is 0 Å². The number of hydrogen-bond donors (Lipinski definition) is 1. The Bertz CT molecular complexity index is 875. The fourth-order valence-corrected chi connectivity index (χ4v) is 5.18. The summed E-state index contributed by atoms with van der Waals surface area (Å²) in [5, 5.41) is 12.7. The van der Waals surface area contributed by atoms with Crippen LogP contribution < -0.4 is 10.2 Å². The van der Waals surface area contributed by atoms with Gasteiger partial charge in [0.25, 0.3) is 0 Å². The molecular formula is C23H33N5O2S. The normalized spacial score (nSPS) is 18.7. The van der Waals surface area contributed by atoms with Gasteiger partial charge in [-0.15, -0.1) is 10.2 Å². The molecule has 168 valence electrons. The van der Waals surface area contributed by atoms with Crippen molar-refractivity contribution in [3.05, 3.63) is 29.8 Å². The van der Waals surface area contributed by atoms with Gasteiger partial charge in [-0.2, -0.15) is 0 Å². The number of nitrogens with one attached hydrogen (secondary N) is 1. The van der Waals surface area contributed by atoms with E-state index < -0.39 is 0 Å². The fourth-order valence-electron chi connectivity index (χ4n) is 4.29. The van der Waals surface area contributed by atoms with Crippen LogP contribution in [0.15, 0.2) is 29.4 Å². The molecule has 31 heavy (non-hydrogen) atoms. The minimum absolute atomic E-state index is 0.0716. The molecule has 2 fully saturated rings. The molecule has 1 aromatic heterocycles. The van der Waals surface area contributed by atoms with E-state index in [2.05, 4.69) is 50.1 Å². The Morgan fingerprint density at radius 1 is 1.23 bits per heavy atom. The van der Waals surface area contributed by atoms with Crippen molar-refractivity contribution in [3.63, 3.8) is 0 Å². The predicted molar refractivity (Wildman–Crippen MR) is 124 cm³/mol. The number of thioether (sulfide) groups is 1. The van der Waals surface area contributed by atoms with Gasteiger partial charge in [-0.1, -0.05) is 43.2 Å². The topological polar surface area (TPSA) is 72.3 Å². The number of hydrogen-bond acceptors (Lipinski definition) is 6. The number of nitrogens with zero attached hydrogens (tertiary/aromatic N) is 4. The van der Waals surface area contributed by atoms with E-state index >= 15 is 0 Å². The van der Waals surface area contributed by atoms with Crippen LogP contribution in [0.4, 0.5) is 5.95 Å². The van der Waals surface area contributed by atoms with E-state index in [9.17, 15) is 4.79 Å². The van der Waals surface area contributed by atoms with Gasteiger partial charge in [-0.25, -0.2) is 0 Å². The molecule has 7 nitrogen and oxygen atoms in total. The lowest BCUT2D eigenvalue weighted by atomic mass is 9.89. The highest BCUT2D eigenvalue weighted by molar-refractivity contribution is 8.00. The van der Waals surface area contributed by atoms with Crippen molar-refractivity contribution in [3.8, 4) is 5.69 Å². The summed E-state index contributed by atoms with van der Waals surface area (Å²) >= 11 is 1.47. The molecule has 4 rings (SSSR count). The van der Waals surface area contributed by atoms with Crippen LogP contribution in [0.1, 0.15) is 44.6 Å². The molecule has 2 aliphatic rings. The molecule has 1 unspecified atom stereocenters. The van der Waals surface area contributed by atoms with Gasteiger partial charge in [0.05, 0.1) is 24.2 Å². The van der Waals surface area contributed by atoms with Gasteiger partial charge in [0.1, 0.15) is 0 Å². The van der Waals surface area contributed by atoms with Crippen molar-refractivity contribution >= 4 is 23.6 Å². The zero-order valence-corrected chi connectivity index (χ0v) is 19.4. The van der Waals surface area contributed by atoms with Gasteiger partial charge in [-0.05, 0) is 50.3 Å². The molecule has 2 heterocycles. The summed E-state index contributed by atoms with van der Waals surface area (Å²) < 4.78 is 7.59. The molecule has 8 heteroatoms. The highest BCUT2D eigenvalue weighted by Crippen LogP contribution is 2.30. The molecule has 0 radical (unpaired) electrons. The Kier molecular flexibility index (Phi) is 7.50. The number of morpholine rings is 1. The summed E-state index contributed by atoms with van der Waals surface area (Å²) in [4.78, 5) is 15.0. The number of carbonyl (C=O) groups excluding carboxylic acids is 1. The van der Waals surface area contributed by atoms with Crippen LogP contribution in [-0.4, -0.2) is 58.8 Å². The molecule has 1 N–H and O–H groups in total. The van der Waals surface area contributed by atoms with Gasteiger partial charge in [0.15, 0.2) is 5.16 Å². The van der Waals surface area contributed by atoms with Crippen molar-refractivity contribution < 1.29 is 9.53 Å². The van der Waals surface area contributed by atoms with Gasteiger partial charge in [0.2, 0.25) is 11.9 Å². The zero-order valence-electron chi connectivity index (χ0n) is 18.5. The Balaban J connectivity index is 1.50. The Morgan fingerprint density at radius 3 is 2.74 bits per heavy atom. The molecule has 1 aromatic carbocycles. The second kappa shape index (κ2) is 10.5. The van der Waals surface area contributed by atoms with Crippen LogP contribution in [0.25, 0.3) is 5.69 Å². The fraction of sp³-hybridized carbons (Fsp3) is 0.609. The van der Waals surface area contributed by atoms with E-state index in [1.165, 1.54) is 49.4 Å². The minimum atomic E-state index is -0.242. The molecule has 2 aromatic rings. The summed E-state index contributed by atoms with van der Waals surface area (Å²) in [6.45, 7) is 7.75. The third kappa shape index (κ3) is 5.60. The first-order chi connectivity index (χ1) is 15.1. The van der Waals surface area contributed by atoms with E-state index in [1.54, 1.807) is 0 Å². The van der Waals surface area contributed by atoms with E-state index in [0.717, 1.165) is 36.4 Å². The van der Waals surface area contributed by atoms with Crippen molar-refractivity contribution in [2.75, 3.05) is 37.7 Å². The second-order valence-corrected chi connectivity index (χ2v) is 9.87. The minimum Gasteiger partial charge on any atom is -0.378 e. The summed E-state index contributed by atoms with van der Waals surface area (Å²) in [6.07, 6.45) is 6.36. The maximum atomic E-state index is 12.8. The highest BCUT2D eigenvalue weighted by atomic mass is 32.2. The Labute approximate surface area is 188 Å². The molecule has 1 amide bonds. The standard InChI is InChI=1S/C23H33N5O2S/c1-17-7-6-10-20(15-17)28-22(27-11-13-30-14-12-27)25-26-23(28)31-18(2)21(29)24-16-19-8-4-3-5-9-19/h6-7,10,15,18-19H,3-5,8-9,11-14,16H2,1-2H3,(H,24,29). The number of anilines is 1. The van der Waals surface area contributed by atoms with Gasteiger partial charge in [0, 0.05) is 19.6 Å². The highest BCUT2D eigenvalue weighted by Gasteiger charge is 2.25. The van der Waals surface area contributed by atoms with Crippen LogP contribution in [0.5, 0.6) is 0 Å². The molecule has 0 bridgehead atoms. The average Bonchev–Trinajstić information content (AvgIpc) is 3.22. The lowest BCUT2D eigenvalue weighted by molar-refractivity contribution is -0.120. The summed E-state index contributed by atoms with van der Waals surface area (Å²) in [7, 11) is 0. The lowest BCUT2D eigenvalue weighted by Gasteiger charge is -2.28. The number of rotatable bonds is 7. The van der Waals surface area contributed by atoms with Crippen LogP contribution in [0, 0.1) is 12.8 Å². The smallest absolute Gasteiger partial charge is 0.233 e. The zero-order chi connectivity index (χ0) is 21.6. The summed E-state index contributed by atoms with van der Waals surface area (Å²) in [5.41, 5.74) is 2.19. The third-order valence-corrected chi connectivity index (χ3v) is 7.15. The largest absolute Gasteiger partial charge is 0.378 e. The molecule has 1 saturated carbocycles. The Hall–Kier alpha value is -2.06. The van der Waals surface area contributed by atoms with Gasteiger partial charge in [-0.3, -0.25) is 9.36 Å². The van der Waals surface area contributed by atoms with Crippen molar-refractivity contribution in [2.24, 2.45) is 5.92 Å². The average molecular weight is 444 g/mol. The second-order valence-electron chi connectivity index (χ2n) is 8.57. The first-order valence-electron chi connectivity index (χ1n) is 11.4. The van der Waals surface area contributed by atoms with Crippen molar-refractivity contribution in [1.82, 2.24) is 20.1 Å². The number of amides is 1. The molecule has 0 spiro atoms. The number of ether oxygens (including phenoxy) is 1. The van der Waals surface area contributed by atoms with Crippen LogP contribution in [-0.2, 0) is 9.53 Å². The van der Waals surface area contributed by atoms with Crippen LogP contribution in [0.2, 0.25) is 0 Å². The quantitative estimate of drug-likeness (QED) is 0.660. The molecular weight excluding hydrogens is 410 g/mol. The van der Waals surface area contributed by atoms with E-state index in [1.807, 2.05) is 13.0 Å². The summed E-state index contributed by atoms with van der Waals surface area (Å²) in [5.74, 6) is 1.51. The van der Waals surface area contributed by atoms with Crippen molar-refractivity contribution in [2.45, 2.75) is 56.4 Å². The molecule has 1 aliphatic heterocycles. The van der Waals surface area contributed by atoms with E-state index in [0.29, 0.717) is 19.1 Å². The van der Waals surface area contributed by atoms with E-state index in [-0.39, 0.29) is 11.2 Å². The number of carbonyl (C=O) groups is 1. The molecule has 1 aliphatic carbocycles. The predicted octanol–water partition coefficient (Wildman–Crippen LogP) is 3.59. The number of benzene rings is 1. The van der Waals surface area contributed by atoms with E-state index in [4.69, 9.17) is 4.74 Å². The number of aromatic nitrogens is 3. The first-order valence-corrected chi connectivity index (χ1v) is 12.3. The molecule has 1 saturated heterocycles. The SMILES string of the molecule is Cc1cccc(-n2c(SC(C)C(=O)NCC3CCCCC3)nnc2N2CCOCC2)c1. The maximum absolute atomic E-state index is 12.8. The monoisotopic (exact) mass is 443 g/mol. The molecule has 1 atom stereocenters. The Morgan fingerprint density at radius 2 is 2.00 bits per heavy atom. The van der Waals surface area contributed by atoms with Gasteiger partial charge < -0.3 is 15.0 Å². The lowest BCUT2D eigenvalue weighted by Crippen LogP contribution is -2.38. The third-order valence-electron chi connectivity index (χ3n) is 6.11. The van der Waals surface area contributed by atoms with Gasteiger partial charge >= 0.3 is 0 Å². The first kappa shape index (κ1) is 22.1. The maximum Gasteiger partial charge on any atom is 0.233 e. The van der Waals surface area contributed by atoms with Crippen LogP contribution >= 0.6 is 11.8 Å².